The van der Waals surface area contributed by atoms with E-state index < -0.39 is 5.97 Å². The molecule has 2 N–H and O–H groups in total. The molecule has 0 radical (unpaired) electrons. The molecule has 0 spiro atoms. The van der Waals surface area contributed by atoms with Crippen LogP contribution in [0.1, 0.15) is 33.6 Å². The summed E-state index contributed by atoms with van der Waals surface area (Å²) in [4.78, 5) is 27.0. The highest BCUT2D eigenvalue weighted by atomic mass is 16.4. The molecule has 0 aliphatic carbocycles. The summed E-state index contributed by atoms with van der Waals surface area (Å²) in [6.45, 7) is 10.1. The molecule has 6 nitrogen and oxygen atoms in total. The van der Waals surface area contributed by atoms with Crippen LogP contribution in [0.2, 0.25) is 0 Å². The monoisotopic (exact) mass is 285 g/mol. The Hall–Kier alpha value is -1.14. The Morgan fingerprint density at radius 2 is 1.95 bits per heavy atom. The van der Waals surface area contributed by atoms with Crippen molar-refractivity contribution < 1.29 is 14.7 Å². The molecular formula is C14H27N3O3. The fraction of sp³-hybridized carbons (Fsp3) is 0.857. The van der Waals surface area contributed by atoms with Crippen molar-refractivity contribution >= 4 is 11.9 Å². The van der Waals surface area contributed by atoms with Crippen molar-refractivity contribution in [1.82, 2.24) is 15.1 Å². The second kappa shape index (κ2) is 7.59. The van der Waals surface area contributed by atoms with Crippen LogP contribution in [0.15, 0.2) is 0 Å². The highest BCUT2D eigenvalue weighted by molar-refractivity contribution is 5.79. The van der Waals surface area contributed by atoms with Crippen molar-refractivity contribution in [3.05, 3.63) is 0 Å². The number of hydrogen-bond donors (Lipinski definition) is 2. The number of carbonyl (C=O) groups is 2. The van der Waals surface area contributed by atoms with Gasteiger partial charge in [0.2, 0.25) is 5.91 Å². The van der Waals surface area contributed by atoms with Crippen molar-refractivity contribution in [1.29, 1.82) is 0 Å². The van der Waals surface area contributed by atoms with Crippen LogP contribution in [0, 0.1) is 0 Å². The van der Waals surface area contributed by atoms with Crippen molar-refractivity contribution in [2.75, 3.05) is 39.3 Å². The zero-order valence-electron chi connectivity index (χ0n) is 12.8. The lowest BCUT2D eigenvalue weighted by atomic mass is 10.1. The van der Waals surface area contributed by atoms with E-state index in [0.717, 1.165) is 32.6 Å². The van der Waals surface area contributed by atoms with Gasteiger partial charge in [-0.05, 0) is 40.3 Å². The van der Waals surface area contributed by atoms with Crippen LogP contribution in [-0.4, -0.2) is 71.6 Å². The van der Waals surface area contributed by atoms with Crippen LogP contribution in [-0.2, 0) is 9.59 Å². The Labute approximate surface area is 121 Å². The third kappa shape index (κ3) is 5.88. The molecule has 1 aliphatic rings. The van der Waals surface area contributed by atoms with Crippen molar-refractivity contribution in [3.8, 4) is 0 Å². The first-order valence-corrected chi connectivity index (χ1v) is 7.26. The summed E-state index contributed by atoms with van der Waals surface area (Å²) in [5.41, 5.74) is -0.351. The number of carbonyl (C=O) groups excluding carboxylic acids is 1. The second-order valence-electron chi connectivity index (χ2n) is 6.24. The first kappa shape index (κ1) is 16.9. The molecule has 6 heteroatoms. The fourth-order valence-electron chi connectivity index (χ4n) is 2.38. The van der Waals surface area contributed by atoms with Gasteiger partial charge in [-0.15, -0.1) is 0 Å². The summed E-state index contributed by atoms with van der Waals surface area (Å²) >= 11 is 0. The zero-order valence-corrected chi connectivity index (χ0v) is 12.8. The molecule has 0 unspecified atom stereocenters. The third-order valence-electron chi connectivity index (χ3n) is 3.45. The van der Waals surface area contributed by atoms with E-state index in [1.807, 2.05) is 20.8 Å². The third-order valence-corrected chi connectivity index (χ3v) is 3.45. The topological polar surface area (TPSA) is 72.9 Å². The molecule has 0 saturated carbocycles. The van der Waals surface area contributed by atoms with Crippen LogP contribution in [0.4, 0.5) is 0 Å². The molecule has 0 aromatic heterocycles. The summed E-state index contributed by atoms with van der Waals surface area (Å²) in [5, 5.41) is 12.1. The predicted octanol–water partition coefficient (Wildman–Crippen LogP) is 0.384. The number of nitrogens with one attached hydrogen (secondary N) is 1. The number of nitrogens with zero attached hydrogens (tertiary/aromatic N) is 2. The molecule has 116 valence electrons. The van der Waals surface area contributed by atoms with Gasteiger partial charge in [0.25, 0.3) is 0 Å². The average Bonchev–Trinajstić information content (AvgIpc) is 2.55. The molecule has 1 heterocycles. The lowest BCUT2D eigenvalue weighted by Gasteiger charge is -2.37. The second-order valence-corrected chi connectivity index (χ2v) is 6.24. The lowest BCUT2D eigenvalue weighted by molar-refractivity contribution is -0.141. The van der Waals surface area contributed by atoms with E-state index >= 15 is 0 Å². The van der Waals surface area contributed by atoms with Gasteiger partial charge in [-0.2, -0.15) is 0 Å². The summed E-state index contributed by atoms with van der Waals surface area (Å²) in [7, 11) is 0. The average molecular weight is 285 g/mol. The SMILES string of the molecule is CC(C)(C)N(CCC(=O)O)C(=O)CN1CCCNCC1. The highest BCUT2D eigenvalue weighted by Gasteiger charge is 2.27. The van der Waals surface area contributed by atoms with Gasteiger partial charge in [0.1, 0.15) is 0 Å². The van der Waals surface area contributed by atoms with Crippen molar-refractivity contribution in [3.63, 3.8) is 0 Å². The molecule has 1 fully saturated rings. The highest BCUT2D eigenvalue weighted by Crippen LogP contribution is 2.14. The first-order chi connectivity index (χ1) is 9.30. The van der Waals surface area contributed by atoms with Gasteiger partial charge in [0.15, 0.2) is 0 Å². The molecule has 0 aromatic rings. The molecule has 1 saturated heterocycles. The number of carboxylic acid groups (broad SMARTS) is 1. The van der Waals surface area contributed by atoms with Crippen LogP contribution in [0.25, 0.3) is 0 Å². The maximum absolute atomic E-state index is 12.5. The minimum Gasteiger partial charge on any atom is -0.481 e. The van der Waals surface area contributed by atoms with Crippen LogP contribution in [0.3, 0.4) is 0 Å². The minimum absolute atomic E-state index is 0.00936. The normalized spacial score (nSPS) is 17.6. The summed E-state index contributed by atoms with van der Waals surface area (Å²) in [5.74, 6) is -0.855. The number of rotatable bonds is 5. The molecule has 20 heavy (non-hydrogen) atoms. The van der Waals surface area contributed by atoms with E-state index in [-0.39, 0.29) is 24.4 Å². The van der Waals surface area contributed by atoms with Gasteiger partial charge in [-0.3, -0.25) is 14.5 Å². The van der Waals surface area contributed by atoms with E-state index in [1.54, 1.807) is 4.90 Å². The van der Waals surface area contributed by atoms with E-state index in [1.165, 1.54) is 0 Å². The predicted molar refractivity (Wildman–Crippen MR) is 77.6 cm³/mol. The van der Waals surface area contributed by atoms with Gasteiger partial charge in [0.05, 0.1) is 13.0 Å². The Kier molecular flexibility index (Phi) is 6.42. The largest absolute Gasteiger partial charge is 0.481 e. The number of hydrogen-bond acceptors (Lipinski definition) is 4. The summed E-state index contributed by atoms with van der Waals surface area (Å²) < 4.78 is 0. The molecule has 0 bridgehead atoms. The van der Waals surface area contributed by atoms with Crippen LogP contribution < -0.4 is 5.32 Å². The molecule has 0 aromatic carbocycles. The number of carboxylic acids is 1. The molecule has 1 aliphatic heterocycles. The van der Waals surface area contributed by atoms with Crippen molar-refractivity contribution in [2.45, 2.75) is 39.2 Å². The quantitative estimate of drug-likeness (QED) is 0.764. The standard InChI is InChI=1S/C14H27N3O3/c1-14(2,3)17(9-5-13(19)20)12(18)11-16-8-4-6-15-7-10-16/h15H,4-11H2,1-3H3,(H,19,20). The zero-order chi connectivity index (χ0) is 15.2. The Morgan fingerprint density at radius 1 is 1.25 bits per heavy atom. The Balaban J connectivity index is 2.59. The van der Waals surface area contributed by atoms with E-state index in [0.29, 0.717) is 6.54 Å². The van der Waals surface area contributed by atoms with Gasteiger partial charge in [-0.25, -0.2) is 0 Å². The lowest BCUT2D eigenvalue weighted by Crippen LogP contribution is -2.50. The molecule has 1 rings (SSSR count). The van der Waals surface area contributed by atoms with Gasteiger partial charge in [0, 0.05) is 25.2 Å². The molecule has 0 atom stereocenters. The number of aliphatic carboxylic acids is 1. The minimum atomic E-state index is -0.869. The Bertz CT molecular complexity index is 331. The smallest absolute Gasteiger partial charge is 0.305 e. The maximum atomic E-state index is 12.5. The summed E-state index contributed by atoms with van der Waals surface area (Å²) in [6, 6.07) is 0. The van der Waals surface area contributed by atoms with E-state index in [4.69, 9.17) is 5.11 Å². The fourth-order valence-corrected chi connectivity index (χ4v) is 2.38. The Morgan fingerprint density at radius 3 is 2.55 bits per heavy atom. The van der Waals surface area contributed by atoms with Gasteiger partial charge < -0.3 is 15.3 Å². The molecule has 1 amide bonds. The van der Waals surface area contributed by atoms with Gasteiger partial charge >= 0.3 is 5.97 Å². The van der Waals surface area contributed by atoms with Crippen LogP contribution in [0.5, 0.6) is 0 Å². The summed E-state index contributed by atoms with van der Waals surface area (Å²) in [6.07, 6.45) is 1.03. The maximum Gasteiger partial charge on any atom is 0.305 e. The van der Waals surface area contributed by atoms with E-state index in [2.05, 4.69) is 10.2 Å². The van der Waals surface area contributed by atoms with Crippen molar-refractivity contribution in [2.24, 2.45) is 0 Å². The number of amides is 1. The van der Waals surface area contributed by atoms with Gasteiger partial charge in [-0.1, -0.05) is 0 Å². The molecular weight excluding hydrogens is 258 g/mol. The first-order valence-electron chi connectivity index (χ1n) is 7.26. The van der Waals surface area contributed by atoms with Crippen LogP contribution >= 0.6 is 0 Å². The van der Waals surface area contributed by atoms with E-state index in [9.17, 15) is 9.59 Å².